The number of likely N-dealkylation sites (tertiary alicyclic amines) is 2. The van der Waals surface area contributed by atoms with E-state index < -0.39 is 10.8 Å². The Kier molecular flexibility index (Phi) is 9.87. The molecule has 2 amide bonds. The van der Waals surface area contributed by atoms with Crippen LogP contribution in [0.1, 0.15) is 47.7 Å². The average Bonchev–Trinajstić information content (AvgIpc) is 3.50. The Labute approximate surface area is 259 Å². The summed E-state index contributed by atoms with van der Waals surface area (Å²) in [5, 5.41) is 0. The summed E-state index contributed by atoms with van der Waals surface area (Å²) >= 11 is 0. The molecule has 0 aliphatic carbocycles. The lowest BCUT2D eigenvalue weighted by Crippen LogP contribution is -2.61. The van der Waals surface area contributed by atoms with Crippen molar-refractivity contribution in [2.24, 2.45) is 5.73 Å². The van der Waals surface area contributed by atoms with Crippen molar-refractivity contribution < 1.29 is 23.8 Å². The van der Waals surface area contributed by atoms with E-state index in [0.29, 0.717) is 48.7 Å². The highest BCUT2D eigenvalue weighted by molar-refractivity contribution is 5.96. The highest BCUT2D eigenvalue weighted by Gasteiger charge is 2.55. The molecule has 2 aliphatic rings. The van der Waals surface area contributed by atoms with Crippen LogP contribution in [0.4, 0.5) is 0 Å². The maximum atomic E-state index is 14.1. The summed E-state index contributed by atoms with van der Waals surface area (Å²) in [4.78, 5) is 36.2. The third-order valence-corrected chi connectivity index (χ3v) is 9.39. The SMILES string of the molecule is CCN1CCC(C(N)=O)(c2ccccc2)CC1C1(c2cccnc2)CCN(C(=O)c2cc(OC)c(OC)c(OC)c2)C1.Cl. The third kappa shape index (κ3) is 5.63. The first kappa shape index (κ1) is 32.1. The van der Waals surface area contributed by atoms with Gasteiger partial charge in [-0.2, -0.15) is 0 Å². The van der Waals surface area contributed by atoms with Gasteiger partial charge < -0.3 is 24.8 Å². The maximum absolute atomic E-state index is 14.1. The quantitative estimate of drug-likeness (QED) is 0.388. The molecule has 2 saturated heterocycles. The number of ether oxygens (including phenoxy) is 3. The lowest BCUT2D eigenvalue weighted by Gasteiger charge is -2.52. The number of piperidine rings is 1. The zero-order chi connectivity index (χ0) is 29.9. The van der Waals surface area contributed by atoms with Gasteiger partial charge in [0.05, 0.1) is 26.7 Å². The zero-order valence-electron chi connectivity index (χ0n) is 25.2. The fourth-order valence-electron chi connectivity index (χ4n) is 7.11. The van der Waals surface area contributed by atoms with Crippen molar-refractivity contribution >= 4 is 24.2 Å². The van der Waals surface area contributed by atoms with Crippen LogP contribution in [0, 0.1) is 0 Å². The normalized spacial score (nSPS) is 23.7. The predicted molar refractivity (Wildman–Crippen MR) is 167 cm³/mol. The first-order valence-electron chi connectivity index (χ1n) is 14.4. The molecule has 2 N–H and O–H groups in total. The van der Waals surface area contributed by atoms with E-state index in [1.807, 2.05) is 47.5 Å². The number of halogens is 1. The fraction of sp³-hybridized carbons (Fsp3) is 0.424. The first-order chi connectivity index (χ1) is 20.3. The summed E-state index contributed by atoms with van der Waals surface area (Å²) in [5.74, 6) is 0.863. The minimum absolute atomic E-state index is 0. The molecule has 3 atom stereocenters. The number of carbonyl (C=O) groups is 2. The third-order valence-electron chi connectivity index (χ3n) is 9.39. The lowest BCUT2D eigenvalue weighted by molar-refractivity contribution is -0.127. The number of benzene rings is 2. The fourth-order valence-corrected chi connectivity index (χ4v) is 7.11. The number of primary amides is 1. The first-order valence-corrected chi connectivity index (χ1v) is 14.4. The number of rotatable bonds is 9. The van der Waals surface area contributed by atoms with E-state index in [4.69, 9.17) is 19.9 Å². The second kappa shape index (κ2) is 13.2. The summed E-state index contributed by atoms with van der Waals surface area (Å²) in [5.41, 5.74) is 7.42. The number of amides is 2. The van der Waals surface area contributed by atoms with E-state index in [9.17, 15) is 9.59 Å². The van der Waals surface area contributed by atoms with E-state index in [2.05, 4.69) is 22.9 Å². The molecule has 1 aromatic heterocycles. The minimum atomic E-state index is -0.805. The van der Waals surface area contributed by atoms with Gasteiger partial charge in [-0.3, -0.25) is 19.5 Å². The molecule has 10 heteroatoms. The van der Waals surface area contributed by atoms with E-state index in [1.165, 1.54) is 21.3 Å². The van der Waals surface area contributed by atoms with E-state index in [-0.39, 0.29) is 30.3 Å². The van der Waals surface area contributed by atoms with Gasteiger partial charge in [-0.1, -0.05) is 43.3 Å². The summed E-state index contributed by atoms with van der Waals surface area (Å²) < 4.78 is 16.5. The number of pyridine rings is 1. The van der Waals surface area contributed by atoms with Crippen molar-refractivity contribution in [1.29, 1.82) is 0 Å². The van der Waals surface area contributed by atoms with Crippen LogP contribution >= 0.6 is 12.4 Å². The predicted octanol–water partition coefficient (Wildman–Crippen LogP) is 4.22. The van der Waals surface area contributed by atoms with Gasteiger partial charge in [-0.05, 0) is 61.7 Å². The monoisotopic (exact) mass is 608 g/mol. The van der Waals surface area contributed by atoms with Gasteiger partial charge in [0.1, 0.15) is 0 Å². The summed E-state index contributed by atoms with van der Waals surface area (Å²) in [6, 6.07) is 17.3. The Morgan fingerprint density at radius 1 is 0.953 bits per heavy atom. The minimum Gasteiger partial charge on any atom is -0.493 e. The van der Waals surface area contributed by atoms with Gasteiger partial charge in [0.2, 0.25) is 11.7 Å². The molecule has 230 valence electrons. The molecule has 3 unspecified atom stereocenters. The molecular weight excluding hydrogens is 568 g/mol. The van der Waals surface area contributed by atoms with Crippen LogP contribution in [0.25, 0.3) is 0 Å². The lowest BCUT2D eigenvalue weighted by atomic mass is 9.62. The smallest absolute Gasteiger partial charge is 0.254 e. The number of likely N-dealkylation sites (N-methyl/N-ethyl adjacent to an activating group) is 1. The number of hydrogen-bond acceptors (Lipinski definition) is 7. The molecule has 5 rings (SSSR count). The molecule has 3 aromatic rings. The molecule has 0 bridgehead atoms. The topological polar surface area (TPSA) is 107 Å². The van der Waals surface area contributed by atoms with Crippen LogP contribution in [0.3, 0.4) is 0 Å². The van der Waals surface area contributed by atoms with Crippen molar-refractivity contribution in [1.82, 2.24) is 14.8 Å². The van der Waals surface area contributed by atoms with Gasteiger partial charge in [0.25, 0.3) is 5.91 Å². The Morgan fingerprint density at radius 3 is 2.19 bits per heavy atom. The van der Waals surface area contributed by atoms with Crippen LogP contribution < -0.4 is 19.9 Å². The van der Waals surface area contributed by atoms with E-state index >= 15 is 0 Å². The van der Waals surface area contributed by atoms with Crippen LogP contribution in [0.5, 0.6) is 17.2 Å². The largest absolute Gasteiger partial charge is 0.493 e. The molecule has 3 heterocycles. The number of nitrogens with zero attached hydrogens (tertiary/aromatic N) is 3. The van der Waals surface area contributed by atoms with Crippen LogP contribution in [-0.4, -0.2) is 80.1 Å². The molecule has 0 radical (unpaired) electrons. The molecule has 2 aromatic carbocycles. The highest BCUT2D eigenvalue weighted by atomic mass is 35.5. The van der Waals surface area contributed by atoms with Crippen LogP contribution in [0.2, 0.25) is 0 Å². The van der Waals surface area contributed by atoms with Crippen LogP contribution in [-0.2, 0) is 15.6 Å². The Bertz CT molecular complexity index is 1400. The second-order valence-electron chi connectivity index (χ2n) is 11.2. The summed E-state index contributed by atoms with van der Waals surface area (Å²) in [6.45, 7) is 4.71. The molecule has 0 spiro atoms. The average molecular weight is 609 g/mol. The molecule has 43 heavy (non-hydrogen) atoms. The molecule has 2 fully saturated rings. The number of hydrogen-bond donors (Lipinski definition) is 1. The van der Waals surface area contributed by atoms with E-state index in [0.717, 1.165) is 30.6 Å². The van der Waals surface area contributed by atoms with Gasteiger partial charge >= 0.3 is 0 Å². The number of aromatic nitrogens is 1. The number of methoxy groups -OCH3 is 3. The molecule has 2 aliphatic heterocycles. The highest BCUT2D eigenvalue weighted by Crippen LogP contribution is 2.49. The van der Waals surface area contributed by atoms with Gasteiger partial charge in [-0.15, -0.1) is 12.4 Å². The number of nitrogens with two attached hydrogens (primary N) is 1. The summed E-state index contributed by atoms with van der Waals surface area (Å²) in [6.07, 6.45) is 5.60. The number of carbonyl (C=O) groups excluding carboxylic acids is 2. The second-order valence-corrected chi connectivity index (χ2v) is 11.2. The molecule has 9 nitrogen and oxygen atoms in total. The van der Waals surface area contributed by atoms with Crippen molar-refractivity contribution in [3.05, 3.63) is 83.7 Å². The Hall–Kier alpha value is -3.82. The van der Waals surface area contributed by atoms with Crippen molar-refractivity contribution in [2.75, 3.05) is 47.5 Å². The van der Waals surface area contributed by atoms with E-state index in [1.54, 1.807) is 18.3 Å². The van der Waals surface area contributed by atoms with Gasteiger partial charge in [-0.25, -0.2) is 0 Å². The van der Waals surface area contributed by atoms with Crippen molar-refractivity contribution in [2.45, 2.75) is 43.1 Å². The maximum Gasteiger partial charge on any atom is 0.254 e. The molecular formula is C33H41ClN4O5. The zero-order valence-corrected chi connectivity index (χ0v) is 26.1. The van der Waals surface area contributed by atoms with Crippen molar-refractivity contribution in [3.63, 3.8) is 0 Å². The standard InChI is InChI=1S/C33H40N4O5.ClH/c1-5-36-16-13-32(31(34)39,24-10-7-6-8-11-24)20-28(36)33(25-12-9-15-35-21-25)14-17-37(22-33)30(38)23-18-26(40-2)29(42-4)27(19-23)41-3;/h6-12,15,18-19,21,28H,5,13-14,16-17,20,22H2,1-4H3,(H2,34,39);1H. The van der Waals surface area contributed by atoms with Crippen molar-refractivity contribution in [3.8, 4) is 17.2 Å². The molecule has 0 saturated carbocycles. The van der Waals surface area contributed by atoms with Crippen LogP contribution in [0.15, 0.2) is 67.0 Å². The Morgan fingerprint density at radius 2 is 1.63 bits per heavy atom. The Balaban J connectivity index is 0.00000423. The van der Waals surface area contributed by atoms with Gasteiger partial charge in [0.15, 0.2) is 11.5 Å². The van der Waals surface area contributed by atoms with Gasteiger partial charge in [0, 0.05) is 42.5 Å². The summed E-state index contributed by atoms with van der Waals surface area (Å²) in [7, 11) is 4.61.